The number of aromatic nitrogens is 1. The molecule has 0 amide bonds. The van der Waals surface area contributed by atoms with Crippen molar-refractivity contribution in [2.45, 2.75) is 109 Å². The van der Waals surface area contributed by atoms with E-state index >= 15 is 0 Å². The molecule has 0 spiro atoms. The molecule has 2 aliphatic carbocycles. The third-order valence-electron chi connectivity index (χ3n) is 9.19. The van der Waals surface area contributed by atoms with E-state index in [0.29, 0.717) is 5.92 Å². The lowest BCUT2D eigenvalue weighted by atomic mass is 9.76. The molecule has 1 unspecified atom stereocenters. The van der Waals surface area contributed by atoms with Crippen molar-refractivity contribution in [2.75, 3.05) is 0 Å². The molecule has 0 bridgehead atoms. The van der Waals surface area contributed by atoms with E-state index < -0.39 is 0 Å². The molecule has 180 valence electrons. The van der Waals surface area contributed by atoms with E-state index in [1.807, 2.05) is 0 Å². The summed E-state index contributed by atoms with van der Waals surface area (Å²) in [5, 5.41) is 2.78. The van der Waals surface area contributed by atoms with Crippen LogP contribution in [0.25, 0.3) is 22.0 Å². The predicted molar refractivity (Wildman–Crippen MR) is 146 cm³/mol. The fourth-order valence-electron chi connectivity index (χ4n) is 6.78. The van der Waals surface area contributed by atoms with Crippen LogP contribution < -0.4 is 4.57 Å². The summed E-state index contributed by atoms with van der Waals surface area (Å²) >= 11 is 0. The monoisotopic (exact) mass is 454 g/mol. The van der Waals surface area contributed by atoms with Crippen molar-refractivity contribution in [3.8, 4) is 11.3 Å². The van der Waals surface area contributed by atoms with Gasteiger partial charge in [-0.3, -0.25) is 0 Å². The Hall–Kier alpha value is -2.15. The zero-order chi connectivity index (χ0) is 23.7. The normalized spacial score (nSPS) is 18.9. The van der Waals surface area contributed by atoms with Crippen molar-refractivity contribution in [3.63, 3.8) is 0 Å². The number of rotatable bonds is 5. The van der Waals surface area contributed by atoms with Gasteiger partial charge in [0.1, 0.15) is 7.05 Å². The minimum atomic E-state index is 0.607. The molecule has 2 fully saturated rings. The molecule has 2 saturated carbocycles. The van der Waals surface area contributed by atoms with Gasteiger partial charge in [0.25, 0.3) is 0 Å². The zero-order valence-corrected chi connectivity index (χ0v) is 22.0. The quantitative estimate of drug-likeness (QED) is 0.338. The summed E-state index contributed by atoms with van der Waals surface area (Å²) in [7, 11) is 2.24. The third kappa shape index (κ3) is 4.56. The van der Waals surface area contributed by atoms with E-state index in [-0.39, 0.29) is 0 Å². The van der Waals surface area contributed by atoms with Crippen LogP contribution in [0.1, 0.15) is 124 Å². The summed E-state index contributed by atoms with van der Waals surface area (Å²) < 4.78 is 2.38. The highest BCUT2D eigenvalue weighted by Crippen LogP contribution is 2.42. The van der Waals surface area contributed by atoms with Gasteiger partial charge in [0.2, 0.25) is 5.69 Å². The van der Waals surface area contributed by atoms with Crippen LogP contribution in [0.3, 0.4) is 0 Å². The summed E-state index contributed by atoms with van der Waals surface area (Å²) in [5.74, 6) is 2.09. The van der Waals surface area contributed by atoms with Gasteiger partial charge in [-0.25, -0.2) is 4.57 Å². The second-order valence-electron chi connectivity index (χ2n) is 11.4. The zero-order valence-electron chi connectivity index (χ0n) is 22.0. The fourth-order valence-corrected chi connectivity index (χ4v) is 6.78. The van der Waals surface area contributed by atoms with Gasteiger partial charge in [0, 0.05) is 6.07 Å². The molecule has 0 aliphatic heterocycles. The molecule has 0 radical (unpaired) electrons. The summed E-state index contributed by atoms with van der Waals surface area (Å²) in [4.78, 5) is 0. The highest BCUT2D eigenvalue weighted by molar-refractivity contribution is 5.94. The van der Waals surface area contributed by atoms with E-state index in [1.165, 1.54) is 104 Å². The average Bonchev–Trinajstić information content (AvgIpc) is 2.89. The Balaban J connectivity index is 1.69. The van der Waals surface area contributed by atoms with Gasteiger partial charge < -0.3 is 0 Å². The van der Waals surface area contributed by atoms with Crippen LogP contribution in [-0.2, 0) is 7.05 Å². The Morgan fingerprint density at radius 2 is 1.53 bits per heavy atom. The molecule has 3 aromatic rings. The average molecular weight is 455 g/mol. The van der Waals surface area contributed by atoms with E-state index in [0.717, 1.165) is 11.8 Å². The molecule has 1 heterocycles. The van der Waals surface area contributed by atoms with Crippen LogP contribution in [0.5, 0.6) is 0 Å². The third-order valence-corrected chi connectivity index (χ3v) is 9.19. The SMILES string of the molecule is CCC(C)c1ccc2c(-c3cc(C4CCCCC4)cc(C4CCCCC4)c3C)[n+](C)ccc2c1. The van der Waals surface area contributed by atoms with E-state index in [4.69, 9.17) is 0 Å². The number of pyridine rings is 1. The lowest BCUT2D eigenvalue weighted by Crippen LogP contribution is -2.31. The van der Waals surface area contributed by atoms with Gasteiger partial charge >= 0.3 is 0 Å². The molecule has 2 aliphatic rings. The molecule has 34 heavy (non-hydrogen) atoms. The van der Waals surface area contributed by atoms with Crippen molar-refractivity contribution in [1.82, 2.24) is 0 Å². The second kappa shape index (κ2) is 10.2. The molecule has 0 N–H and O–H groups in total. The fraction of sp³-hybridized carbons (Fsp3) is 0.545. The number of nitrogens with zero attached hydrogens (tertiary/aromatic N) is 1. The molecule has 1 nitrogen and oxygen atoms in total. The maximum Gasteiger partial charge on any atom is 0.220 e. The molecule has 2 aromatic carbocycles. The van der Waals surface area contributed by atoms with Gasteiger partial charge in [-0.05, 0) is 96.6 Å². The summed E-state index contributed by atoms with van der Waals surface area (Å²) in [5.41, 5.74) is 9.15. The first-order valence-electron chi connectivity index (χ1n) is 14.1. The molecule has 1 aromatic heterocycles. The number of benzene rings is 2. The van der Waals surface area contributed by atoms with E-state index in [2.05, 4.69) is 75.0 Å². The Kier molecular flexibility index (Phi) is 7.09. The van der Waals surface area contributed by atoms with Crippen molar-refractivity contribution in [1.29, 1.82) is 0 Å². The smallest absolute Gasteiger partial charge is 0.200 e. The standard InChI is InChI=1S/C33H44N/c1-5-23(2)27-16-17-30-28(20-27)18-19-34(4)33(30)32-22-29(25-12-8-6-9-13-25)21-31(24(32)3)26-14-10-7-11-15-26/h16-23,25-26H,5-15H2,1-4H3/q+1. The number of aryl methyl sites for hydroxylation is 1. The first-order chi connectivity index (χ1) is 16.6. The van der Waals surface area contributed by atoms with Crippen molar-refractivity contribution in [2.24, 2.45) is 7.05 Å². The largest absolute Gasteiger partial charge is 0.220 e. The first kappa shape index (κ1) is 23.6. The van der Waals surface area contributed by atoms with Crippen LogP contribution >= 0.6 is 0 Å². The van der Waals surface area contributed by atoms with Gasteiger partial charge in [-0.15, -0.1) is 0 Å². The molecular formula is C33H44N+. The number of fused-ring (bicyclic) bond motifs is 1. The molecule has 0 saturated heterocycles. The van der Waals surface area contributed by atoms with Gasteiger partial charge in [-0.2, -0.15) is 0 Å². The van der Waals surface area contributed by atoms with Crippen molar-refractivity contribution < 1.29 is 4.57 Å². The highest BCUT2D eigenvalue weighted by atomic mass is 14.9. The minimum absolute atomic E-state index is 0.607. The maximum absolute atomic E-state index is 2.65. The number of hydrogen-bond donors (Lipinski definition) is 0. The van der Waals surface area contributed by atoms with Gasteiger partial charge in [0.15, 0.2) is 6.20 Å². The highest BCUT2D eigenvalue weighted by Gasteiger charge is 2.26. The van der Waals surface area contributed by atoms with Gasteiger partial charge in [0.05, 0.1) is 10.9 Å². The van der Waals surface area contributed by atoms with Crippen LogP contribution in [-0.4, -0.2) is 0 Å². The summed E-state index contributed by atoms with van der Waals surface area (Å²) in [6.07, 6.45) is 17.4. The summed E-state index contributed by atoms with van der Waals surface area (Å²) in [6, 6.07) is 14.8. The Labute approximate surface area is 207 Å². The lowest BCUT2D eigenvalue weighted by Gasteiger charge is -2.28. The molecule has 5 rings (SSSR count). The van der Waals surface area contributed by atoms with Crippen molar-refractivity contribution >= 4 is 10.8 Å². The summed E-state index contributed by atoms with van der Waals surface area (Å²) in [6.45, 7) is 7.05. The topological polar surface area (TPSA) is 3.88 Å². The first-order valence-corrected chi connectivity index (χ1v) is 14.1. The van der Waals surface area contributed by atoms with Crippen LogP contribution in [0, 0.1) is 6.92 Å². The second-order valence-corrected chi connectivity index (χ2v) is 11.4. The van der Waals surface area contributed by atoms with Crippen LogP contribution in [0.4, 0.5) is 0 Å². The minimum Gasteiger partial charge on any atom is -0.200 e. The van der Waals surface area contributed by atoms with E-state index in [1.54, 1.807) is 11.1 Å². The van der Waals surface area contributed by atoms with Crippen molar-refractivity contribution in [3.05, 3.63) is 64.8 Å². The maximum atomic E-state index is 2.65. The molecule has 1 heteroatoms. The predicted octanol–water partition coefficient (Wildman–Crippen LogP) is 9.25. The Morgan fingerprint density at radius 3 is 2.21 bits per heavy atom. The van der Waals surface area contributed by atoms with E-state index in [9.17, 15) is 0 Å². The van der Waals surface area contributed by atoms with Gasteiger partial charge in [-0.1, -0.05) is 70.6 Å². The molecule has 1 atom stereocenters. The van der Waals surface area contributed by atoms with Crippen LogP contribution in [0.15, 0.2) is 42.6 Å². The Morgan fingerprint density at radius 1 is 0.853 bits per heavy atom. The Bertz CT molecular complexity index is 1140. The number of hydrogen-bond acceptors (Lipinski definition) is 0. The molecular weight excluding hydrogens is 410 g/mol. The van der Waals surface area contributed by atoms with Crippen LogP contribution in [0.2, 0.25) is 0 Å². The lowest BCUT2D eigenvalue weighted by molar-refractivity contribution is -0.659.